The fourth-order valence-electron chi connectivity index (χ4n) is 1.62. The Bertz CT molecular complexity index is 629. The summed E-state index contributed by atoms with van der Waals surface area (Å²) in [6, 6.07) is 0. The Morgan fingerprint density at radius 2 is 2.05 bits per heavy atom. The van der Waals surface area contributed by atoms with E-state index in [1.165, 1.54) is 0 Å². The minimum atomic E-state index is 0.397. The molecule has 0 aromatic carbocycles. The molecule has 3 aromatic heterocycles. The first kappa shape index (κ1) is 11.8. The van der Waals surface area contributed by atoms with Gasteiger partial charge in [-0.3, -0.25) is 4.68 Å². The quantitative estimate of drug-likeness (QED) is 0.705. The summed E-state index contributed by atoms with van der Waals surface area (Å²) in [4.78, 5) is 0. The van der Waals surface area contributed by atoms with Crippen LogP contribution < -0.4 is 0 Å². The van der Waals surface area contributed by atoms with Crippen molar-refractivity contribution in [2.45, 2.75) is 20.0 Å². The first-order valence-corrected chi connectivity index (χ1v) is 5.93. The summed E-state index contributed by atoms with van der Waals surface area (Å²) in [6.45, 7) is 2.65. The van der Waals surface area contributed by atoms with Crippen molar-refractivity contribution >= 4 is 11.6 Å². The van der Waals surface area contributed by atoms with Crippen LogP contribution in [0.4, 0.5) is 0 Å². The van der Waals surface area contributed by atoms with Gasteiger partial charge in [-0.25, -0.2) is 4.68 Å². The summed E-state index contributed by atoms with van der Waals surface area (Å²) in [5.41, 5.74) is 0.774. The first-order valence-electron chi connectivity index (χ1n) is 5.55. The van der Waals surface area contributed by atoms with E-state index in [0.29, 0.717) is 29.9 Å². The highest BCUT2D eigenvalue weighted by Crippen LogP contribution is 2.07. The summed E-state index contributed by atoms with van der Waals surface area (Å²) >= 11 is 5.79. The van der Waals surface area contributed by atoms with Gasteiger partial charge >= 0.3 is 0 Å². The molecule has 0 atom stereocenters. The highest BCUT2D eigenvalue weighted by atomic mass is 35.5. The number of hydrogen-bond acceptors (Lipinski definition) is 6. The number of aromatic nitrogens is 7. The van der Waals surface area contributed by atoms with E-state index in [-0.39, 0.29) is 0 Å². The number of nitrogens with zero attached hydrogens (tertiary/aromatic N) is 7. The molecule has 0 saturated carbocycles. The minimum absolute atomic E-state index is 0.397. The molecule has 0 amide bonds. The molecule has 3 heterocycles. The number of halogens is 1. The lowest BCUT2D eigenvalue weighted by Crippen LogP contribution is -2.01. The molecule has 0 aliphatic carbocycles. The average Bonchev–Trinajstić information content (AvgIpc) is 3.05. The third-order valence-corrected chi connectivity index (χ3v) is 2.57. The van der Waals surface area contributed by atoms with Gasteiger partial charge in [-0.05, 0) is 0 Å². The zero-order valence-electron chi connectivity index (χ0n) is 10.1. The Morgan fingerprint density at radius 1 is 1.16 bits per heavy atom. The maximum atomic E-state index is 5.79. The van der Waals surface area contributed by atoms with Crippen molar-refractivity contribution in [3.63, 3.8) is 0 Å². The van der Waals surface area contributed by atoms with Crippen LogP contribution in [0.2, 0.25) is 5.02 Å². The van der Waals surface area contributed by atoms with E-state index in [9.17, 15) is 0 Å². The fourth-order valence-corrected chi connectivity index (χ4v) is 1.78. The van der Waals surface area contributed by atoms with Crippen LogP contribution in [-0.2, 0) is 13.1 Å². The Labute approximate surface area is 113 Å². The van der Waals surface area contributed by atoms with Crippen LogP contribution >= 0.6 is 11.6 Å². The molecule has 19 heavy (non-hydrogen) atoms. The van der Waals surface area contributed by atoms with E-state index in [1.54, 1.807) is 34.9 Å². The first-order chi connectivity index (χ1) is 9.19. The normalized spacial score (nSPS) is 11.1. The predicted octanol–water partition coefficient (Wildman–Crippen LogP) is 0.916. The van der Waals surface area contributed by atoms with Crippen molar-refractivity contribution < 1.29 is 4.42 Å². The largest absolute Gasteiger partial charge is 0.424 e. The topological polar surface area (TPSA) is 87.5 Å². The van der Waals surface area contributed by atoms with Crippen molar-refractivity contribution in [2.24, 2.45) is 0 Å². The monoisotopic (exact) mass is 279 g/mol. The van der Waals surface area contributed by atoms with E-state index in [2.05, 4.69) is 25.6 Å². The van der Waals surface area contributed by atoms with Gasteiger partial charge in [0.25, 0.3) is 0 Å². The third kappa shape index (κ3) is 2.79. The fraction of sp³-hybridized carbons (Fsp3) is 0.300. The minimum Gasteiger partial charge on any atom is -0.424 e. The highest BCUT2D eigenvalue weighted by Gasteiger charge is 2.07. The van der Waals surface area contributed by atoms with Gasteiger partial charge < -0.3 is 4.42 Å². The molecule has 0 fully saturated rings. The molecule has 98 valence electrons. The lowest BCUT2D eigenvalue weighted by Gasteiger charge is -1.95. The molecule has 3 rings (SSSR count). The molecular formula is C10H10ClN7O. The molecule has 0 saturated heterocycles. The molecule has 0 aliphatic rings. The van der Waals surface area contributed by atoms with Gasteiger partial charge in [0, 0.05) is 13.1 Å². The van der Waals surface area contributed by atoms with Gasteiger partial charge in [-0.1, -0.05) is 16.8 Å². The lowest BCUT2D eigenvalue weighted by molar-refractivity contribution is 0.441. The Morgan fingerprint density at radius 3 is 2.74 bits per heavy atom. The van der Waals surface area contributed by atoms with Crippen LogP contribution in [0.15, 0.2) is 23.0 Å². The molecule has 0 N–H and O–H groups in total. The number of rotatable bonds is 4. The SMILES string of the molecule is Cc1nnc(Cn2cc(Cn3cc(Cl)cn3)nn2)o1. The van der Waals surface area contributed by atoms with Crippen LogP contribution in [0.1, 0.15) is 17.5 Å². The van der Waals surface area contributed by atoms with Gasteiger partial charge in [0.2, 0.25) is 11.8 Å². The Kier molecular flexibility index (Phi) is 3.00. The molecular weight excluding hydrogens is 270 g/mol. The van der Waals surface area contributed by atoms with Crippen molar-refractivity contribution in [1.29, 1.82) is 0 Å². The maximum Gasteiger partial charge on any atom is 0.237 e. The smallest absolute Gasteiger partial charge is 0.237 e. The Hall–Kier alpha value is -2.22. The summed E-state index contributed by atoms with van der Waals surface area (Å²) in [5, 5.41) is 20.3. The van der Waals surface area contributed by atoms with Crippen LogP contribution in [-0.4, -0.2) is 35.0 Å². The van der Waals surface area contributed by atoms with Gasteiger partial charge in [0.15, 0.2) is 0 Å². The van der Waals surface area contributed by atoms with Crippen LogP contribution in [0, 0.1) is 6.92 Å². The van der Waals surface area contributed by atoms with Crippen LogP contribution in [0.3, 0.4) is 0 Å². The van der Waals surface area contributed by atoms with Crippen LogP contribution in [0.5, 0.6) is 0 Å². The predicted molar refractivity (Wildman–Crippen MR) is 64.5 cm³/mol. The zero-order chi connectivity index (χ0) is 13.2. The summed E-state index contributed by atoms with van der Waals surface area (Å²) < 4.78 is 8.59. The van der Waals surface area contributed by atoms with E-state index in [4.69, 9.17) is 16.0 Å². The number of aryl methyl sites for hydroxylation is 1. The van der Waals surface area contributed by atoms with Gasteiger partial charge in [0.1, 0.15) is 12.2 Å². The second-order valence-corrected chi connectivity index (χ2v) is 4.41. The van der Waals surface area contributed by atoms with Crippen LogP contribution in [0.25, 0.3) is 0 Å². The van der Waals surface area contributed by atoms with Crippen molar-refractivity contribution in [3.05, 3.63) is 41.1 Å². The summed E-state index contributed by atoms with van der Waals surface area (Å²) in [7, 11) is 0. The standard InChI is InChI=1S/C10H10ClN7O/c1-7-13-15-10(19-7)6-18-5-9(14-16-18)4-17-3-8(11)2-12-17/h2-3,5H,4,6H2,1H3. The van der Waals surface area contributed by atoms with E-state index < -0.39 is 0 Å². The van der Waals surface area contributed by atoms with E-state index in [0.717, 1.165) is 5.69 Å². The van der Waals surface area contributed by atoms with E-state index >= 15 is 0 Å². The van der Waals surface area contributed by atoms with Crippen molar-refractivity contribution in [1.82, 2.24) is 35.0 Å². The van der Waals surface area contributed by atoms with Crippen molar-refractivity contribution in [2.75, 3.05) is 0 Å². The molecule has 3 aromatic rings. The van der Waals surface area contributed by atoms with Gasteiger partial charge in [-0.2, -0.15) is 5.10 Å². The zero-order valence-corrected chi connectivity index (χ0v) is 10.8. The molecule has 0 aliphatic heterocycles. The second kappa shape index (κ2) is 4.81. The summed E-state index contributed by atoms with van der Waals surface area (Å²) in [5.74, 6) is 1.03. The van der Waals surface area contributed by atoms with Crippen molar-refractivity contribution in [3.8, 4) is 0 Å². The van der Waals surface area contributed by atoms with Gasteiger partial charge in [-0.15, -0.1) is 15.3 Å². The maximum absolute atomic E-state index is 5.79. The number of hydrogen-bond donors (Lipinski definition) is 0. The van der Waals surface area contributed by atoms with E-state index in [1.807, 2.05) is 0 Å². The molecule has 0 bridgehead atoms. The molecule has 9 heteroatoms. The highest BCUT2D eigenvalue weighted by molar-refractivity contribution is 6.30. The summed E-state index contributed by atoms with van der Waals surface area (Å²) in [6.07, 6.45) is 5.10. The lowest BCUT2D eigenvalue weighted by atomic mass is 10.5. The molecule has 0 spiro atoms. The average molecular weight is 280 g/mol. The van der Waals surface area contributed by atoms with Gasteiger partial charge in [0.05, 0.1) is 24.0 Å². The third-order valence-electron chi connectivity index (χ3n) is 2.38. The second-order valence-electron chi connectivity index (χ2n) is 3.98. The molecule has 0 unspecified atom stereocenters. The molecule has 0 radical (unpaired) electrons. The Balaban J connectivity index is 1.69. The molecule has 8 nitrogen and oxygen atoms in total.